The molecule has 1 aromatic heterocycles. The Hall–Kier alpha value is -2.14. The standard InChI is InChI=1S/C16H18N2O3/c1-16(2)9-14-13(15(19)10-16)7-8-17(14)11-3-5-12(6-4-11)18(20)21/h3-8,15,19H,9-10H2,1-2H3. The Balaban J connectivity index is 2.03. The molecule has 5 nitrogen and oxygen atoms in total. The van der Waals surface area contributed by atoms with Gasteiger partial charge in [0.1, 0.15) is 0 Å². The smallest absolute Gasteiger partial charge is 0.269 e. The number of benzene rings is 1. The average Bonchev–Trinajstić information content (AvgIpc) is 2.81. The largest absolute Gasteiger partial charge is 0.388 e. The zero-order valence-corrected chi connectivity index (χ0v) is 12.1. The molecule has 1 aliphatic carbocycles. The van der Waals surface area contributed by atoms with Crippen molar-refractivity contribution in [1.29, 1.82) is 0 Å². The van der Waals surface area contributed by atoms with Crippen molar-refractivity contribution in [3.05, 3.63) is 57.9 Å². The van der Waals surface area contributed by atoms with Gasteiger partial charge in [0.2, 0.25) is 0 Å². The Labute approximate surface area is 123 Å². The van der Waals surface area contributed by atoms with Gasteiger partial charge in [-0.1, -0.05) is 13.8 Å². The summed E-state index contributed by atoms with van der Waals surface area (Å²) in [6.07, 6.45) is 3.12. The molecule has 0 fully saturated rings. The van der Waals surface area contributed by atoms with E-state index < -0.39 is 11.0 Å². The zero-order valence-electron chi connectivity index (χ0n) is 12.1. The van der Waals surface area contributed by atoms with Crippen molar-refractivity contribution in [1.82, 2.24) is 4.57 Å². The van der Waals surface area contributed by atoms with Gasteiger partial charge in [0.25, 0.3) is 5.69 Å². The zero-order chi connectivity index (χ0) is 15.2. The second kappa shape index (κ2) is 4.70. The predicted molar refractivity (Wildman–Crippen MR) is 79.5 cm³/mol. The maximum atomic E-state index is 10.7. The first-order valence-corrected chi connectivity index (χ1v) is 7.00. The summed E-state index contributed by atoms with van der Waals surface area (Å²) < 4.78 is 2.02. The van der Waals surface area contributed by atoms with Crippen LogP contribution in [0.15, 0.2) is 36.5 Å². The number of fused-ring (bicyclic) bond motifs is 1. The Morgan fingerprint density at radius 3 is 2.57 bits per heavy atom. The van der Waals surface area contributed by atoms with E-state index in [1.807, 2.05) is 16.8 Å². The van der Waals surface area contributed by atoms with Crippen LogP contribution in [0.25, 0.3) is 5.69 Å². The molecule has 1 unspecified atom stereocenters. The summed E-state index contributed by atoms with van der Waals surface area (Å²) in [6, 6.07) is 8.44. The average molecular weight is 286 g/mol. The summed E-state index contributed by atoms with van der Waals surface area (Å²) in [5.74, 6) is 0. The number of hydrogen-bond donors (Lipinski definition) is 1. The fraction of sp³-hybridized carbons (Fsp3) is 0.375. The van der Waals surface area contributed by atoms with Gasteiger partial charge in [0, 0.05) is 35.3 Å². The van der Waals surface area contributed by atoms with E-state index in [-0.39, 0.29) is 11.1 Å². The second-order valence-electron chi connectivity index (χ2n) is 6.42. The van der Waals surface area contributed by atoms with Crippen LogP contribution in [0.1, 0.15) is 37.6 Å². The molecule has 110 valence electrons. The molecule has 0 spiro atoms. The summed E-state index contributed by atoms with van der Waals surface area (Å²) in [6.45, 7) is 4.29. The van der Waals surface area contributed by atoms with E-state index >= 15 is 0 Å². The Morgan fingerprint density at radius 1 is 1.29 bits per heavy atom. The second-order valence-corrected chi connectivity index (χ2v) is 6.42. The summed E-state index contributed by atoms with van der Waals surface area (Å²) in [5, 5.41) is 21.0. The number of non-ortho nitro benzene ring substituents is 1. The molecular weight excluding hydrogens is 268 g/mol. The van der Waals surface area contributed by atoms with E-state index in [0.717, 1.165) is 29.8 Å². The third kappa shape index (κ3) is 2.45. The van der Waals surface area contributed by atoms with E-state index in [9.17, 15) is 15.2 Å². The number of nitro benzene ring substituents is 1. The van der Waals surface area contributed by atoms with Gasteiger partial charge in [0.05, 0.1) is 11.0 Å². The van der Waals surface area contributed by atoms with E-state index in [0.29, 0.717) is 0 Å². The van der Waals surface area contributed by atoms with E-state index in [1.165, 1.54) is 12.1 Å². The molecule has 1 heterocycles. The van der Waals surface area contributed by atoms with Crippen LogP contribution in [0.3, 0.4) is 0 Å². The third-order valence-corrected chi connectivity index (χ3v) is 4.12. The maximum Gasteiger partial charge on any atom is 0.269 e. The van der Waals surface area contributed by atoms with E-state index in [4.69, 9.17) is 0 Å². The Morgan fingerprint density at radius 2 is 1.95 bits per heavy atom. The van der Waals surface area contributed by atoms with Gasteiger partial charge in [-0.3, -0.25) is 10.1 Å². The molecule has 1 aromatic carbocycles. The van der Waals surface area contributed by atoms with Crippen LogP contribution in [-0.2, 0) is 6.42 Å². The van der Waals surface area contributed by atoms with Gasteiger partial charge in [-0.2, -0.15) is 0 Å². The number of rotatable bonds is 2. The molecule has 2 aromatic rings. The first-order chi connectivity index (χ1) is 9.87. The van der Waals surface area contributed by atoms with Crippen molar-refractivity contribution in [2.24, 2.45) is 5.41 Å². The Bertz CT molecular complexity index is 686. The van der Waals surface area contributed by atoms with Crippen molar-refractivity contribution in [2.75, 3.05) is 0 Å². The highest BCUT2D eigenvalue weighted by Gasteiger charge is 2.33. The number of hydrogen-bond acceptors (Lipinski definition) is 3. The molecule has 1 atom stereocenters. The van der Waals surface area contributed by atoms with Crippen molar-refractivity contribution in [3.63, 3.8) is 0 Å². The highest BCUT2D eigenvalue weighted by Crippen LogP contribution is 2.41. The molecule has 3 rings (SSSR count). The Kier molecular flexibility index (Phi) is 3.10. The molecular formula is C16H18N2O3. The van der Waals surface area contributed by atoms with Gasteiger partial charge in [-0.05, 0) is 36.5 Å². The molecule has 0 bridgehead atoms. The van der Waals surface area contributed by atoms with Gasteiger partial charge >= 0.3 is 0 Å². The first kappa shape index (κ1) is 13.8. The third-order valence-electron chi connectivity index (χ3n) is 4.12. The number of nitrogens with zero attached hydrogens (tertiary/aromatic N) is 2. The quantitative estimate of drug-likeness (QED) is 0.679. The highest BCUT2D eigenvalue weighted by molar-refractivity contribution is 5.45. The molecule has 0 aliphatic heterocycles. The molecule has 0 amide bonds. The normalized spacial score (nSPS) is 20.0. The summed E-state index contributed by atoms with van der Waals surface area (Å²) in [4.78, 5) is 10.3. The van der Waals surface area contributed by atoms with Crippen LogP contribution in [0.5, 0.6) is 0 Å². The first-order valence-electron chi connectivity index (χ1n) is 7.00. The monoisotopic (exact) mass is 286 g/mol. The maximum absolute atomic E-state index is 10.7. The predicted octanol–water partition coefficient (Wildman–Crippen LogP) is 3.39. The highest BCUT2D eigenvalue weighted by atomic mass is 16.6. The molecule has 0 saturated heterocycles. The molecule has 21 heavy (non-hydrogen) atoms. The van der Waals surface area contributed by atoms with Crippen LogP contribution in [-0.4, -0.2) is 14.6 Å². The summed E-state index contributed by atoms with van der Waals surface area (Å²) in [7, 11) is 0. The van der Waals surface area contributed by atoms with E-state index in [1.54, 1.807) is 12.1 Å². The van der Waals surface area contributed by atoms with Crippen LogP contribution < -0.4 is 0 Å². The number of nitro groups is 1. The number of aromatic nitrogens is 1. The minimum absolute atomic E-state index is 0.0449. The topological polar surface area (TPSA) is 68.3 Å². The van der Waals surface area contributed by atoms with Crippen molar-refractivity contribution in [2.45, 2.75) is 32.8 Å². The van der Waals surface area contributed by atoms with Crippen LogP contribution in [0.2, 0.25) is 0 Å². The summed E-state index contributed by atoms with van der Waals surface area (Å²) >= 11 is 0. The van der Waals surface area contributed by atoms with Gasteiger partial charge in [-0.15, -0.1) is 0 Å². The van der Waals surface area contributed by atoms with Crippen molar-refractivity contribution < 1.29 is 10.0 Å². The fourth-order valence-electron chi connectivity index (χ4n) is 3.11. The number of aliphatic hydroxyl groups excluding tert-OH is 1. The minimum atomic E-state index is -0.442. The lowest BCUT2D eigenvalue weighted by atomic mass is 9.75. The van der Waals surface area contributed by atoms with Gasteiger partial charge in [-0.25, -0.2) is 0 Å². The molecule has 5 heteroatoms. The fourth-order valence-corrected chi connectivity index (χ4v) is 3.11. The van der Waals surface area contributed by atoms with Crippen LogP contribution >= 0.6 is 0 Å². The molecule has 1 aliphatic rings. The lowest BCUT2D eigenvalue weighted by Gasteiger charge is -2.33. The van der Waals surface area contributed by atoms with Crippen molar-refractivity contribution >= 4 is 5.69 Å². The van der Waals surface area contributed by atoms with Gasteiger partial charge in [0.15, 0.2) is 0 Å². The van der Waals surface area contributed by atoms with Gasteiger partial charge < -0.3 is 9.67 Å². The van der Waals surface area contributed by atoms with Crippen LogP contribution in [0.4, 0.5) is 5.69 Å². The summed E-state index contributed by atoms with van der Waals surface area (Å²) in [5.41, 5.74) is 3.07. The molecule has 1 N–H and O–H groups in total. The lowest BCUT2D eigenvalue weighted by Crippen LogP contribution is -2.26. The lowest BCUT2D eigenvalue weighted by molar-refractivity contribution is -0.384. The SMILES string of the molecule is CC1(C)Cc2c(ccn2-c2ccc([N+](=O)[O-])cc2)C(O)C1. The van der Waals surface area contributed by atoms with Crippen LogP contribution in [0, 0.1) is 15.5 Å². The molecule has 0 radical (unpaired) electrons. The number of aliphatic hydroxyl groups is 1. The van der Waals surface area contributed by atoms with E-state index in [2.05, 4.69) is 13.8 Å². The molecule has 0 saturated carbocycles. The van der Waals surface area contributed by atoms with Crippen molar-refractivity contribution in [3.8, 4) is 5.69 Å². The minimum Gasteiger partial charge on any atom is -0.388 e.